The molecule has 3 aromatic rings. The molecule has 0 aliphatic carbocycles. The summed E-state index contributed by atoms with van der Waals surface area (Å²) in [5.41, 5.74) is -6.96. The van der Waals surface area contributed by atoms with Gasteiger partial charge >= 0.3 is 18.3 Å². The average molecular weight is 640 g/mol. The number of nitrogens with one attached hydrogen (secondary N) is 1. The van der Waals surface area contributed by atoms with Crippen molar-refractivity contribution >= 4 is 18.5 Å². The Labute approximate surface area is 238 Å². The van der Waals surface area contributed by atoms with E-state index in [-0.39, 0.29) is 22.3 Å². The molecule has 11 nitrogen and oxygen atoms in total. The van der Waals surface area contributed by atoms with Crippen LogP contribution in [-0.2, 0) is 21.1 Å². The molecule has 3 atom stereocenters. The molecular weight excluding hydrogens is 618 g/mol. The predicted molar refractivity (Wildman–Crippen MR) is 139 cm³/mol. The Kier molecular flexibility index (Phi) is 8.99. The van der Waals surface area contributed by atoms with E-state index in [1.807, 2.05) is 0 Å². The van der Waals surface area contributed by atoms with E-state index in [0.717, 1.165) is 0 Å². The number of rotatable bonds is 11. The fourth-order valence-corrected chi connectivity index (χ4v) is 5.74. The van der Waals surface area contributed by atoms with Crippen LogP contribution in [0.25, 0.3) is 0 Å². The summed E-state index contributed by atoms with van der Waals surface area (Å²) >= 11 is 5.37. The lowest BCUT2D eigenvalue weighted by Gasteiger charge is -2.34. The number of aliphatic hydroxyl groups excluding tert-OH is 1. The number of aromatic amines is 1. The first kappa shape index (κ1) is 31.4. The number of methoxy groups -OCH3 is 2. The number of aromatic nitrogens is 2. The van der Waals surface area contributed by atoms with Gasteiger partial charge in [0.1, 0.15) is 23.0 Å². The van der Waals surface area contributed by atoms with Crippen molar-refractivity contribution in [2.45, 2.75) is 30.3 Å². The van der Waals surface area contributed by atoms with Gasteiger partial charge in [0, 0.05) is 11.8 Å². The largest absolute Gasteiger partial charge is 0.497 e. The first-order valence-electron chi connectivity index (χ1n) is 11.7. The summed E-state index contributed by atoms with van der Waals surface area (Å²) in [7, 11) is 2.80. The number of H-pyrrole nitrogens is 1. The van der Waals surface area contributed by atoms with Gasteiger partial charge in [-0.25, -0.2) is 13.6 Å². The van der Waals surface area contributed by atoms with Crippen LogP contribution in [0, 0.1) is 5.82 Å². The standard InChI is InChI=1S/C24H22F5N2O9PS/c1-35-13-3-7-15(8-4-13)39-41(42,40-16-9-5-14(36-2)6-10-16)37-12-23(21(26)27)24(28,29)18(32)20(38-23)31-11-17(25)19(33)30-22(31)34/h3-11,18,20-21,32H,12H2,1-2H3,(H,30,33,34)/t18-,20+,23-/m0/s1. The van der Waals surface area contributed by atoms with Crippen molar-refractivity contribution < 1.29 is 54.8 Å². The Morgan fingerprint density at radius 3 is 1.93 bits per heavy atom. The molecule has 228 valence electrons. The molecule has 1 fully saturated rings. The van der Waals surface area contributed by atoms with Crippen LogP contribution >= 0.6 is 6.72 Å². The van der Waals surface area contributed by atoms with Crippen molar-refractivity contribution in [2.75, 3.05) is 20.8 Å². The van der Waals surface area contributed by atoms with Gasteiger partial charge in [-0.1, -0.05) is 0 Å². The van der Waals surface area contributed by atoms with E-state index >= 15 is 8.78 Å². The summed E-state index contributed by atoms with van der Waals surface area (Å²) in [4.78, 5) is 25.0. The van der Waals surface area contributed by atoms with E-state index in [1.54, 1.807) is 0 Å². The van der Waals surface area contributed by atoms with Crippen molar-refractivity contribution in [3.63, 3.8) is 0 Å². The topological polar surface area (TPSA) is 130 Å². The second kappa shape index (κ2) is 12.0. The molecule has 2 aromatic carbocycles. The molecule has 0 amide bonds. The van der Waals surface area contributed by atoms with Gasteiger partial charge in [-0.3, -0.25) is 18.9 Å². The summed E-state index contributed by atoms with van der Waals surface area (Å²) in [5.74, 6) is -5.64. The normalized spacial score (nSPS) is 21.7. The van der Waals surface area contributed by atoms with Crippen LogP contribution < -0.4 is 29.8 Å². The van der Waals surface area contributed by atoms with Gasteiger partial charge in [0.15, 0.2) is 12.3 Å². The van der Waals surface area contributed by atoms with Crippen LogP contribution in [0.2, 0.25) is 0 Å². The maximum Gasteiger partial charge on any atom is 0.435 e. The fourth-order valence-electron chi connectivity index (χ4n) is 3.81. The number of alkyl halides is 4. The minimum Gasteiger partial charge on any atom is -0.497 e. The van der Waals surface area contributed by atoms with Crippen molar-refractivity contribution in [3.05, 3.63) is 81.4 Å². The molecule has 1 aliphatic rings. The maximum atomic E-state index is 15.4. The number of ether oxygens (including phenoxy) is 3. The molecule has 18 heteroatoms. The Bertz CT molecular complexity index is 1520. The number of benzene rings is 2. The molecule has 0 saturated carbocycles. The molecule has 2 heterocycles. The number of hydrogen-bond acceptors (Lipinski definition) is 10. The first-order chi connectivity index (χ1) is 19.7. The lowest BCUT2D eigenvalue weighted by atomic mass is 9.95. The van der Waals surface area contributed by atoms with Crippen LogP contribution in [-0.4, -0.2) is 59.5 Å². The highest BCUT2D eigenvalue weighted by molar-refractivity contribution is 8.07. The minimum atomic E-state index is -4.82. The maximum absolute atomic E-state index is 15.4. The van der Waals surface area contributed by atoms with E-state index < -0.39 is 60.7 Å². The zero-order chi connectivity index (χ0) is 30.9. The van der Waals surface area contributed by atoms with E-state index in [9.17, 15) is 27.9 Å². The molecule has 0 unspecified atom stereocenters. The monoisotopic (exact) mass is 640 g/mol. The molecular formula is C24H22F5N2O9PS. The second-order valence-corrected chi connectivity index (χ2v) is 11.5. The van der Waals surface area contributed by atoms with Gasteiger partial charge in [0.2, 0.25) is 11.4 Å². The van der Waals surface area contributed by atoms with E-state index in [0.29, 0.717) is 11.5 Å². The smallest absolute Gasteiger partial charge is 0.435 e. The third-order valence-electron chi connectivity index (χ3n) is 6.08. The third kappa shape index (κ3) is 6.01. The molecule has 1 aromatic heterocycles. The van der Waals surface area contributed by atoms with Crippen LogP contribution in [0.1, 0.15) is 6.23 Å². The van der Waals surface area contributed by atoms with Gasteiger partial charge in [-0.15, -0.1) is 0 Å². The van der Waals surface area contributed by atoms with E-state index in [2.05, 4.69) is 0 Å². The SMILES string of the molecule is COc1ccc(OP(=S)(OC[C@@]2(C(F)F)O[C@@H](n3cc(F)c(=O)[nH]c3=O)[C@H](O)C2(F)F)Oc2ccc(OC)cc2)cc1. The van der Waals surface area contributed by atoms with E-state index in [1.165, 1.54) is 67.7 Å². The van der Waals surface area contributed by atoms with Gasteiger partial charge in [-0.05, 0) is 48.5 Å². The van der Waals surface area contributed by atoms with Gasteiger partial charge < -0.3 is 28.4 Å². The summed E-state index contributed by atoms with van der Waals surface area (Å²) in [6.07, 6.45) is -9.63. The summed E-state index contributed by atoms with van der Waals surface area (Å²) < 4.78 is 105. The second-order valence-electron chi connectivity index (χ2n) is 8.66. The quantitative estimate of drug-likeness (QED) is 0.237. The van der Waals surface area contributed by atoms with Crippen LogP contribution in [0.4, 0.5) is 22.0 Å². The van der Waals surface area contributed by atoms with Crippen molar-refractivity contribution in [1.82, 2.24) is 9.55 Å². The molecule has 42 heavy (non-hydrogen) atoms. The zero-order valence-corrected chi connectivity index (χ0v) is 23.3. The predicted octanol–water partition coefficient (Wildman–Crippen LogP) is 3.62. The molecule has 4 rings (SSSR count). The van der Waals surface area contributed by atoms with Crippen molar-refractivity contribution in [3.8, 4) is 23.0 Å². The molecule has 1 saturated heterocycles. The molecule has 2 N–H and O–H groups in total. The first-order valence-corrected chi connectivity index (χ1v) is 14.3. The Hall–Kier alpha value is -3.50. The number of hydrogen-bond donors (Lipinski definition) is 2. The van der Waals surface area contributed by atoms with Crippen molar-refractivity contribution in [2.24, 2.45) is 0 Å². The minimum absolute atomic E-state index is 0.00831. The lowest BCUT2D eigenvalue weighted by molar-refractivity contribution is -0.242. The van der Waals surface area contributed by atoms with Crippen LogP contribution in [0.15, 0.2) is 64.3 Å². The molecule has 1 aliphatic heterocycles. The summed E-state index contributed by atoms with van der Waals surface area (Å²) in [6.45, 7) is -6.02. The number of halogens is 5. The van der Waals surface area contributed by atoms with Gasteiger partial charge in [0.25, 0.3) is 12.0 Å². The van der Waals surface area contributed by atoms with Crippen molar-refractivity contribution in [1.29, 1.82) is 0 Å². The fraction of sp³-hybridized carbons (Fsp3) is 0.333. The van der Waals surface area contributed by atoms with Gasteiger partial charge in [0.05, 0.1) is 27.0 Å². The number of nitrogens with zero attached hydrogens (tertiary/aromatic N) is 1. The number of aliphatic hydroxyl groups is 1. The van der Waals surface area contributed by atoms with Crippen LogP contribution in [0.3, 0.4) is 0 Å². The molecule has 0 radical (unpaired) electrons. The zero-order valence-electron chi connectivity index (χ0n) is 21.5. The van der Waals surface area contributed by atoms with E-state index in [4.69, 9.17) is 39.6 Å². The lowest BCUT2D eigenvalue weighted by Crippen LogP contribution is -2.57. The summed E-state index contributed by atoms with van der Waals surface area (Å²) in [5, 5.41) is 10.3. The third-order valence-corrected chi connectivity index (χ3v) is 8.16. The molecule has 0 spiro atoms. The highest BCUT2D eigenvalue weighted by atomic mass is 32.5. The highest BCUT2D eigenvalue weighted by Crippen LogP contribution is 2.56. The average Bonchev–Trinajstić information content (AvgIpc) is 3.16. The van der Waals surface area contributed by atoms with Crippen LogP contribution in [0.5, 0.6) is 23.0 Å². The Balaban J connectivity index is 1.69. The highest BCUT2D eigenvalue weighted by Gasteiger charge is 2.74. The Morgan fingerprint density at radius 2 is 1.48 bits per heavy atom. The molecule has 0 bridgehead atoms. The van der Waals surface area contributed by atoms with Gasteiger partial charge in [-0.2, -0.15) is 13.2 Å². The summed E-state index contributed by atoms with van der Waals surface area (Å²) in [6, 6.07) is 11.3. The Morgan fingerprint density at radius 1 is 1.00 bits per heavy atom.